The number of rotatable bonds is 8. The summed E-state index contributed by atoms with van der Waals surface area (Å²) in [5.41, 5.74) is 0.682. The molecule has 2 atom stereocenters. The van der Waals surface area contributed by atoms with E-state index < -0.39 is 36.3 Å². The highest BCUT2D eigenvalue weighted by Gasteiger charge is 2.41. The normalized spacial score (nSPS) is 12.0. The Kier molecular flexibility index (Phi) is 8.18. The number of carboxylic acids is 1. The van der Waals surface area contributed by atoms with E-state index >= 15 is 0 Å². The fraction of sp³-hybridized carbons (Fsp3) is 0.200. The fourth-order valence-electron chi connectivity index (χ4n) is 2.27. The largest absolute Gasteiger partial charge is 0.478 e. The van der Waals surface area contributed by atoms with Crippen LogP contribution in [0.2, 0.25) is 0 Å². The number of esters is 1. The van der Waals surface area contributed by atoms with Gasteiger partial charge in [0.1, 0.15) is 0 Å². The lowest BCUT2D eigenvalue weighted by Crippen LogP contribution is -2.47. The summed E-state index contributed by atoms with van der Waals surface area (Å²) in [5.74, 6) is -2.88. The lowest BCUT2D eigenvalue weighted by Gasteiger charge is -2.22. The maximum atomic E-state index is 12.2. The Labute approximate surface area is 171 Å². The molecule has 3 N–H and O–H groups in total. The van der Waals surface area contributed by atoms with E-state index in [9.17, 15) is 24.3 Å². The average Bonchev–Trinajstić information content (AvgIpc) is 2.72. The van der Waals surface area contributed by atoms with Crippen molar-refractivity contribution in [3.8, 4) is 0 Å². The van der Waals surface area contributed by atoms with Crippen LogP contribution in [0.3, 0.4) is 0 Å². The number of para-hydroxylation sites is 2. The molecule has 0 aromatic heterocycles. The van der Waals surface area contributed by atoms with Crippen molar-refractivity contribution in [2.24, 2.45) is 0 Å². The highest BCUT2D eigenvalue weighted by Crippen LogP contribution is 2.13. The molecule has 2 rings (SSSR count). The first-order valence-electron chi connectivity index (χ1n) is 8.85. The van der Waals surface area contributed by atoms with Gasteiger partial charge < -0.3 is 19.3 Å². The van der Waals surface area contributed by atoms with Crippen molar-refractivity contribution in [2.75, 3.05) is 17.2 Å². The van der Waals surface area contributed by atoms with Crippen LogP contribution in [0.15, 0.2) is 60.7 Å². The molecule has 10 nitrogen and oxygen atoms in total. The molecule has 0 fully saturated rings. The molecule has 2 aromatic carbocycles. The molecule has 0 aliphatic heterocycles. The van der Waals surface area contributed by atoms with E-state index in [2.05, 4.69) is 10.6 Å². The number of anilines is 2. The lowest BCUT2D eigenvalue weighted by molar-refractivity contribution is -0.169. The highest BCUT2D eigenvalue weighted by molar-refractivity contribution is 5.92. The SMILES string of the molecule is CCOC(=O)C(OC(=O)Nc1ccccc1)C(OC(=O)Nc1ccccc1)C(=O)O. The van der Waals surface area contributed by atoms with E-state index in [4.69, 9.17) is 14.2 Å². The van der Waals surface area contributed by atoms with Gasteiger partial charge in [0.2, 0.25) is 12.2 Å². The molecule has 2 amide bonds. The molecule has 0 saturated heterocycles. The molecule has 0 radical (unpaired) electrons. The smallest absolute Gasteiger partial charge is 0.412 e. The summed E-state index contributed by atoms with van der Waals surface area (Å²) in [7, 11) is 0. The van der Waals surface area contributed by atoms with Crippen LogP contribution < -0.4 is 10.6 Å². The summed E-state index contributed by atoms with van der Waals surface area (Å²) in [6, 6.07) is 16.2. The predicted molar refractivity (Wildman–Crippen MR) is 105 cm³/mol. The second kappa shape index (κ2) is 11.1. The van der Waals surface area contributed by atoms with Gasteiger partial charge in [-0.2, -0.15) is 0 Å². The van der Waals surface area contributed by atoms with E-state index in [1.807, 2.05) is 0 Å². The minimum absolute atomic E-state index is 0.110. The van der Waals surface area contributed by atoms with Crippen LogP contribution in [0, 0.1) is 0 Å². The molecule has 0 aliphatic rings. The lowest BCUT2D eigenvalue weighted by atomic mass is 10.2. The molecule has 0 heterocycles. The zero-order valence-corrected chi connectivity index (χ0v) is 15.9. The third kappa shape index (κ3) is 6.82. The van der Waals surface area contributed by atoms with Crippen molar-refractivity contribution in [3.05, 3.63) is 60.7 Å². The van der Waals surface area contributed by atoms with Crippen LogP contribution in [0.5, 0.6) is 0 Å². The summed E-state index contributed by atoms with van der Waals surface area (Å²) in [4.78, 5) is 48.1. The van der Waals surface area contributed by atoms with Crippen molar-refractivity contribution in [1.82, 2.24) is 0 Å². The van der Waals surface area contributed by atoms with E-state index in [0.717, 1.165) is 0 Å². The van der Waals surface area contributed by atoms with Crippen LogP contribution >= 0.6 is 0 Å². The van der Waals surface area contributed by atoms with Crippen LogP contribution in [0.1, 0.15) is 6.92 Å². The van der Waals surface area contributed by atoms with Gasteiger partial charge >= 0.3 is 24.1 Å². The number of hydrogen-bond donors (Lipinski definition) is 3. The molecule has 10 heteroatoms. The number of hydrogen-bond acceptors (Lipinski definition) is 7. The number of nitrogens with one attached hydrogen (secondary N) is 2. The molecular weight excluding hydrogens is 396 g/mol. The molecule has 2 unspecified atom stereocenters. The van der Waals surface area contributed by atoms with Gasteiger partial charge in [-0.25, -0.2) is 19.2 Å². The van der Waals surface area contributed by atoms with E-state index in [0.29, 0.717) is 11.4 Å². The quantitative estimate of drug-likeness (QED) is 0.441. The van der Waals surface area contributed by atoms with Crippen LogP contribution in [0.25, 0.3) is 0 Å². The Bertz CT molecular complexity index is 873. The number of carbonyl (C=O) groups is 4. The number of carbonyl (C=O) groups excluding carboxylic acids is 3. The van der Waals surface area contributed by atoms with Gasteiger partial charge in [-0.1, -0.05) is 36.4 Å². The van der Waals surface area contributed by atoms with Gasteiger partial charge in [-0.3, -0.25) is 10.6 Å². The van der Waals surface area contributed by atoms with Crippen LogP contribution in [0.4, 0.5) is 21.0 Å². The van der Waals surface area contributed by atoms with E-state index in [1.54, 1.807) is 60.7 Å². The summed E-state index contributed by atoms with van der Waals surface area (Å²) in [6.45, 7) is 1.37. The highest BCUT2D eigenvalue weighted by atomic mass is 16.6. The minimum Gasteiger partial charge on any atom is -0.478 e. The summed E-state index contributed by atoms with van der Waals surface area (Å²) in [6.07, 6.45) is -6.46. The fourth-order valence-corrected chi connectivity index (χ4v) is 2.27. The van der Waals surface area contributed by atoms with Gasteiger partial charge in [0.25, 0.3) is 0 Å². The number of amides is 2. The maximum absolute atomic E-state index is 12.2. The molecule has 30 heavy (non-hydrogen) atoms. The topological polar surface area (TPSA) is 140 Å². The monoisotopic (exact) mass is 416 g/mol. The summed E-state index contributed by atoms with van der Waals surface area (Å²) in [5, 5.41) is 14.1. The first-order valence-corrected chi connectivity index (χ1v) is 8.85. The maximum Gasteiger partial charge on any atom is 0.412 e. The Balaban J connectivity index is 2.13. The van der Waals surface area contributed by atoms with Gasteiger partial charge in [0.15, 0.2) is 0 Å². The molecule has 0 bridgehead atoms. The Morgan fingerprint density at radius 2 is 1.23 bits per heavy atom. The van der Waals surface area contributed by atoms with Crippen molar-refractivity contribution in [1.29, 1.82) is 0 Å². The molecule has 158 valence electrons. The number of benzene rings is 2. The Morgan fingerprint density at radius 3 is 1.63 bits per heavy atom. The van der Waals surface area contributed by atoms with Gasteiger partial charge in [0.05, 0.1) is 6.61 Å². The van der Waals surface area contributed by atoms with E-state index in [1.165, 1.54) is 6.92 Å². The Morgan fingerprint density at radius 1 is 0.800 bits per heavy atom. The Hall–Kier alpha value is -4.08. The van der Waals surface area contributed by atoms with Gasteiger partial charge in [-0.15, -0.1) is 0 Å². The molecule has 0 aliphatic carbocycles. The van der Waals surface area contributed by atoms with Crippen molar-refractivity contribution < 1.29 is 38.5 Å². The predicted octanol–water partition coefficient (Wildman–Crippen LogP) is 2.87. The molecule has 2 aromatic rings. The second-order valence-corrected chi connectivity index (χ2v) is 5.72. The van der Waals surface area contributed by atoms with Crippen LogP contribution in [-0.4, -0.2) is 48.0 Å². The third-order valence-corrected chi connectivity index (χ3v) is 3.55. The first kappa shape index (κ1) is 22.2. The third-order valence-electron chi connectivity index (χ3n) is 3.55. The van der Waals surface area contributed by atoms with Gasteiger partial charge in [0, 0.05) is 11.4 Å². The molecular formula is C20H20N2O8. The standard InChI is InChI=1S/C20H20N2O8/c1-2-28-18(25)16(30-20(27)22-14-11-7-4-8-12-14)15(17(23)24)29-19(26)21-13-9-5-3-6-10-13/h3-12,15-16H,2H2,1H3,(H,21,26)(H,22,27)(H,23,24). The second-order valence-electron chi connectivity index (χ2n) is 5.72. The van der Waals surface area contributed by atoms with Crippen molar-refractivity contribution >= 4 is 35.5 Å². The number of ether oxygens (including phenoxy) is 3. The van der Waals surface area contributed by atoms with Crippen molar-refractivity contribution in [2.45, 2.75) is 19.1 Å². The number of carboxylic acid groups (broad SMARTS) is 1. The number of aliphatic carboxylic acids is 1. The zero-order valence-electron chi connectivity index (χ0n) is 15.9. The van der Waals surface area contributed by atoms with E-state index in [-0.39, 0.29) is 6.61 Å². The molecule has 0 spiro atoms. The van der Waals surface area contributed by atoms with Crippen LogP contribution in [-0.2, 0) is 23.8 Å². The van der Waals surface area contributed by atoms with Gasteiger partial charge in [-0.05, 0) is 31.2 Å². The first-order chi connectivity index (χ1) is 14.4. The minimum atomic E-state index is -2.14. The molecule has 0 saturated carbocycles. The summed E-state index contributed by atoms with van der Waals surface area (Å²) < 4.78 is 14.5. The zero-order chi connectivity index (χ0) is 21.9. The average molecular weight is 416 g/mol. The summed E-state index contributed by atoms with van der Waals surface area (Å²) >= 11 is 0. The van der Waals surface area contributed by atoms with Crippen molar-refractivity contribution in [3.63, 3.8) is 0 Å².